The molecule has 0 bridgehead atoms. The van der Waals surface area contributed by atoms with Crippen LogP contribution >= 0.6 is 23.2 Å². The first-order chi connectivity index (χ1) is 8.56. The van der Waals surface area contributed by atoms with E-state index >= 15 is 0 Å². The van der Waals surface area contributed by atoms with Crippen molar-refractivity contribution in [3.63, 3.8) is 0 Å². The maximum Gasteiger partial charge on any atom is 0.145 e. The standard InChI is InChI=1S/C12H9Cl2FN2O/c13-8-2-1-7(5-10(8)15)18-6-11-9(14)3-4-12(16)17-11/h1-5H,6H2,(H2,16,17). The molecule has 1 heterocycles. The Bertz CT molecular complexity index is 578. The van der Waals surface area contributed by atoms with Crippen LogP contribution < -0.4 is 10.5 Å². The summed E-state index contributed by atoms with van der Waals surface area (Å²) in [6.45, 7) is 0.102. The summed E-state index contributed by atoms with van der Waals surface area (Å²) in [7, 11) is 0. The van der Waals surface area contributed by atoms with Crippen molar-refractivity contribution in [2.45, 2.75) is 6.61 Å². The Morgan fingerprint density at radius 1 is 1.17 bits per heavy atom. The van der Waals surface area contributed by atoms with Crippen molar-refractivity contribution in [3.05, 3.63) is 51.9 Å². The maximum absolute atomic E-state index is 13.2. The van der Waals surface area contributed by atoms with Crippen molar-refractivity contribution >= 4 is 29.0 Å². The topological polar surface area (TPSA) is 48.1 Å². The lowest BCUT2D eigenvalue weighted by atomic mass is 10.3. The third-order valence-corrected chi connectivity index (χ3v) is 2.86. The number of rotatable bonds is 3. The number of pyridine rings is 1. The van der Waals surface area contributed by atoms with E-state index in [0.717, 1.165) is 0 Å². The molecule has 0 aliphatic carbocycles. The molecular formula is C12H9Cl2FN2O. The van der Waals surface area contributed by atoms with Crippen molar-refractivity contribution < 1.29 is 9.13 Å². The van der Waals surface area contributed by atoms with E-state index in [9.17, 15) is 4.39 Å². The molecular weight excluding hydrogens is 278 g/mol. The molecule has 3 nitrogen and oxygen atoms in total. The molecule has 6 heteroatoms. The van der Waals surface area contributed by atoms with Crippen molar-refractivity contribution in [3.8, 4) is 5.75 Å². The Hall–Kier alpha value is -1.52. The van der Waals surface area contributed by atoms with Crippen LogP contribution in [0.5, 0.6) is 5.75 Å². The lowest BCUT2D eigenvalue weighted by Gasteiger charge is -2.08. The number of halogens is 3. The van der Waals surface area contributed by atoms with E-state index in [1.807, 2.05) is 0 Å². The zero-order valence-corrected chi connectivity index (χ0v) is 10.7. The molecule has 0 aliphatic heterocycles. The minimum atomic E-state index is -0.541. The Labute approximate surface area is 113 Å². The molecule has 0 aliphatic rings. The van der Waals surface area contributed by atoms with E-state index in [0.29, 0.717) is 22.3 Å². The van der Waals surface area contributed by atoms with E-state index < -0.39 is 5.82 Å². The Kier molecular flexibility index (Phi) is 3.89. The fourth-order valence-corrected chi connectivity index (χ4v) is 1.60. The molecule has 1 aromatic carbocycles. The van der Waals surface area contributed by atoms with Crippen molar-refractivity contribution in [2.75, 3.05) is 5.73 Å². The van der Waals surface area contributed by atoms with Gasteiger partial charge in [0, 0.05) is 6.07 Å². The fraction of sp³-hybridized carbons (Fsp3) is 0.0833. The van der Waals surface area contributed by atoms with Gasteiger partial charge in [-0.15, -0.1) is 0 Å². The summed E-state index contributed by atoms with van der Waals surface area (Å²) >= 11 is 11.5. The van der Waals surface area contributed by atoms with Gasteiger partial charge in [0.2, 0.25) is 0 Å². The van der Waals surface area contributed by atoms with Gasteiger partial charge in [0.25, 0.3) is 0 Å². The molecule has 18 heavy (non-hydrogen) atoms. The monoisotopic (exact) mass is 286 g/mol. The number of hydrogen-bond acceptors (Lipinski definition) is 3. The molecule has 0 fully saturated rings. The van der Waals surface area contributed by atoms with Crippen molar-refractivity contribution in [2.24, 2.45) is 0 Å². The number of benzene rings is 1. The molecule has 2 rings (SSSR count). The number of aromatic nitrogens is 1. The highest BCUT2D eigenvalue weighted by Crippen LogP contribution is 2.22. The lowest BCUT2D eigenvalue weighted by Crippen LogP contribution is -2.02. The summed E-state index contributed by atoms with van der Waals surface area (Å²) in [6.07, 6.45) is 0. The highest BCUT2D eigenvalue weighted by molar-refractivity contribution is 6.31. The van der Waals surface area contributed by atoms with Crippen LogP contribution in [0.1, 0.15) is 5.69 Å². The van der Waals surface area contributed by atoms with Gasteiger partial charge in [0.15, 0.2) is 0 Å². The minimum Gasteiger partial charge on any atom is -0.487 e. The summed E-state index contributed by atoms with van der Waals surface area (Å²) in [4.78, 5) is 4.03. The largest absolute Gasteiger partial charge is 0.487 e. The second-order valence-corrected chi connectivity index (χ2v) is 4.34. The average molecular weight is 287 g/mol. The molecule has 0 saturated heterocycles. The Balaban J connectivity index is 2.11. The zero-order valence-electron chi connectivity index (χ0n) is 9.16. The number of nitrogen functional groups attached to an aromatic ring is 1. The molecule has 0 unspecified atom stereocenters. The number of nitrogens with zero attached hydrogens (tertiary/aromatic N) is 1. The summed E-state index contributed by atoms with van der Waals surface area (Å²) in [5, 5.41) is 0.487. The highest BCUT2D eigenvalue weighted by atomic mass is 35.5. The first-order valence-electron chi connectivity index (χ1n) is 5.05. The third kappa shape index (κ3) is 3.03. The van der Waals surface area contributed by atoms with Gasteiger partial charge in [-0.25, -0.2) is 9.37 Å². The summed E-state index contributed by atoms with van der Waals surface area (Å²) in [5.41, 5.74) is 6.03. The van der Waals surface area contributed by atoms with E-state index in [1.54, 1.807) is 18.2 Å². The first-order valence-corrected chi connectivity index (χ1v) is 5.80. The molecule has 0 spiro atoms. The van der Waals surface area contributed by atoms with Gasteiger partial charge < -0.3 is 10.5 Å². The molecule has 0 amide bonds. The molecule has 1 aromatic heterocycles. The minimum absolute atomic E-state index is 0.0439. The van der Waals surface area contributed by atoms with Gasteiger partial charge in [-0.3, -0.25) is 0 Å². The number of nitrogens with two attached hydrogens (primary N) is 1. The molecule has 0 atom stereocenters. The van der Waals surface area contributed by atoms with Gasteiger partial charge in [-0.1, -0.05) is 23.2 Å². The molecule has 0 saturated carbocycles. The molecule has 2 N–H and O–H groups in total. The van der Waals surface area contributed by atoms with Crippen LogP contribution in [0, 0.1) is 5.82 Å². The summed E-state index contributed by atoms with van der Waals surface area (Å²) in [6, 6.07) is 7.40. The van der Waals surface area contributed by atoms with Gasteiger partial charge in [-0.2, -0.15) is 0 Å². The summed E-state index contributed by atoms with van der Waals surface area (Å²) in [5.74, 6) is 0.151. The number of anilines is 1. The van der Waals surface area contributed by atoms with Gasteiger partial charge in [0.1, 0.15) is 24.0 Å². The van der Waals surface area contributed by atoms with E-state index in [-0.39, 0.29) is 11.6 Å². The normalized spacial score (nSPS) is 10.4. The first kappa shape index (κ1) is 12.9. The van der Waals surface area contributed by atoms with Crippen molar-refractivity contribution in [1.82, 2.24) is 4.98 Å². The second kappa shape index (κ2) is 5.42. The van der Waals surface area contributed by atoms with E-state index in [2.05, 4.69) is 4.98 Å². The SMILES string of the molecule is Nc1ccc(Cl)c(COc2ccc(Cl)c(F)c2)n1. The number of ether oxygens (including phenoxy) is 1. The molecule has 0 radical (unpaired) electrons. The van der Waals surface area contributed by atoms with Gasteiger partial charge in [-0.05, 0) is 24.3 Å². The lowest BCUT2D eigenvalue weighted by molar-refractivity contribution is 0.300. The predicted molar refractivity (Wildman–Crippen MR) is 69.4 cm³/mol. The van der Waals surface area contributed by atoms with Crippen LogP contribution in [0.2, 0.25) is 10.0 Å². The van der Waals surface area contributed by atoms with E-state index in [4.69, 9.17) is 33.7 Å². The predicted octanol–water partition coefficient (Wildman–Crippen LogP) is 3.69. The Morgan fingerprint density at radius 3 is 2.61 bits per heavy atom. The molecule has 94 valence electrons. The van der Waals surface area contributed by atoms with Gasteiger partial charge >= 0.3 is 0 Å². The maximum atomic E-state index is 13.2. The van der Waals surface area contributed by atoms with Crippen LogP contribution in [-0.2, 0) is 6.61 Å². The summed E-state index contributed by atoms with van der Waals surface area (Å²) < 4.78 is 18.5. The Morgan fingerprint density at radius 2 is 1.89 bits per heavy atom. The van der Waals surface area contributed by atoms with Gasteiger partial charge in [0.05, 0.1) is 15.7 Å². The van der Waals surface area contributed by atoms with Crippen LogP contribution in [-0.4, -0.2) is 4.98 Å². The molecule has 2 aromatic rings. The van der Waals surface area contributed by atoms with Crippen molar-refractivity contribution in [1.29, 1.82) is 0 Å². The van der Waals surface area contributed by atoms with Crippen LogP contribution in [0.4, 0.5) is 10.2 Å². The average Bonchev–Trinajstić information content (AvgIpc) is 2.34. The second-order valence-electron chi connectivity index (χ2n) is 3.53. The third-order valence-electron chi connectivity index (χ3n) is 2.21. The van der Waals surface area contributed by atoms with Crippen LogP contribution in [0.25, 0.3) is 0 Å². The number of hydrogen-bond donors (Lipinski definition) is 1. The quantitative estimate of drug-likeness (QED) is 0.936. The van der Waals surface area contributed by atoms with E-state index in [1.165, 1.54) is 12.1 Å². The van der Waals surface area contributed by atoms with Crippen LogP contribution in [0.15, 0.2) is 30.3 Å². The fourth-order valence-electron chi connectivity index (χ4n) is 1.32. The highest BCUT2D eigenvalue weighted by Gasteiger charge is 2.06. The van der Waals surface area contributed by atoms with Crippen LogP contribution in [0.3, 0.4) is 0 Å². The smallest absolute Gasteiger partial charge is 0.145 e. The zero-order chi connectivity index (χ0) is 13.1.